The number of benzene rings is 2. The monoisotopic (exact) mass is 573 g/mol. The van der Waals surface area contributed by atoms with Crippen molar-refractivity contribution in [2.24, 2.45) is 0 Å². The zero-order chi connectivity index (χ0) is 29.8. The van der Waals surface area contributed by atoms with Crippen LogP contribution in [0.4, 0.5) is 4.79 Å². The number of nitrogens with one attached hydrogen (secondary N) is 1. The Balaban J connectivity index is 1.45. The molecular formula is C33H43N3O4Si. The molecule has 1 aliphatic rings. The highest BCUT2D eigenvalue weighted by atomic mass is 28.4. The minimum absolute atomic E-state index is 0.0693. The molecule has 1 aliphatic heterocycles. The topological polar surface area (TPSA) is 84.5 Å². The summed E-state index contributed by atoms with van der Waals surface area (Å²) in [5.41, 5.74) is 2.37. The number of carbonyl (C=O) groups excluding carboxylic acids is 2. The highest BCUT2D eigenvalue weighted by Crippen LogP contribution is 2.37. The average molecular weight is 574 g/mol. The van der Waals surface area contributed by atoms with Crippen LogP contribution in [0.5, 0.6) is 0 Å². The van der Waals surface area contributed by atoms with Gasteiger partial charge in [-0.1, -0.05) is 93.6 Å². The molecule has 4 rings (SSSR count). The van der Waals surface area contributed by atoms with Crippen molar-refractivity contribution in [3.8, 4) is 0 Å². The van der Waals surface area contributed by atoms with Gasteiger partial charge in [-0.3, -0.25) is 9.89 Å². The summed E-state index contributed by atoms with van der Waals surface area (Å²) in [5.74, 6) is -0.0693. The van der Waals surface area contributed by atoms with Crippen LogP contribution in [-0.4, -0.2) is 54.0 Å². The van der Waals surface area contributed by atoms with Crippen LogP contribution in [0.3, 0.4) is 0 Å². The Kier molecular flexibility index (Phi) is 9.04. The van der Waals surface area contributed by atoms with Gasteiger partial charge in [0.1, 0.15) is 11.3 Å². The molecule has 41 heavy (non-hydrogen) atoms. The molecule has 0 bridgehead atoms. The van der Waals surface area contributed by atoms with Gasteiger partial charge < -0.3 is 14.1 Å². The number of H-pyrrole nitrogens is 1. The zero-order valence-electron chi connectivity index (χ0n) is 25.3. The van der Waals surface area contributed by atoms with Crippen LogP contribution in [0.15, 0.2) is 72.8 Å². The third-order valence-corrected chi connectivity index (χ3v) is 12.4. The van der Waals surface area contributed by atoms with Gasteiger partial charge in [0.15, 0.2) is 5.78 Å². The molecule has 1 N–H and O–H groups in total. The Labute approximate surface area is 245 Å². The molecule has 8 heteroatoms. The third-order valence-electron chi connectivity index (χ3n) is 7.46. The number of hydrogen-bond acceptors (Lipinski definition) is 5. The zero-order valence-corrected chi connectivity index (χ0v) is 26.3. The summed E-state index contributed by atoms with van der Waals surface area (Å²) < 4.78 is 12.5. The number of fused-ring (bicyclic) bond motifs is 1. The van der Waals surface area contributed by atoms with Crippen LogP contribution < -0.4 is 10.4 Å². The quantitative estimate of drug-likeness (QED) is 0.199. The fourth-order valence-corrected chi connectivity index (χ4v) is 10.0. The molecule has 0 radical (unpaired) electrons. The van der Waals surface area contributed by atoms with Crippen molar-refractivity contribution in [3.63, 3.8) is 0 Å². The van der Waals surface area contributed by atoms with E-state index in [1.807, 2.05) is 32.9 Å². The van der Waals surface area contributed by atoms with E-state index in [1.165, 1.54) is 10.4 Å². The second-order valence-electron chi connectivity index (χ2n) is 12.8. The number of rotatable bonds is 9. The Morgan fingerprint density at radius 2 is 1.54 bits per heavy atom. The molecule has 7 nitrogen and oxygen atoms in total. The molecule has 0 saturated carbocycles. The summed E-state index contributed by atoms with van der Waals surface area (Å²) in [6, 6.07) is 21.0. The number of Topliss-reactive ketones (excluding diaryl/α,β-unsaturated/α-hetero) is 1. The average Bonchev–Trinajstić information content (AvgIpc) is 3.35. The highest BCUT2D eigenvalue weighted by molar-refractivity contribution is 6.99. The molecule has 0 unspecified atom stereocenters. The lowest BCUT2D eigenvalue weighted by Gasteiger charge is -2.43. The predicted octanol–water partition coefficient (Wildman–Crippen LogP) is 5.80. The summed E-state index contributed by atoms with van der Waals surface area (Å²) in [4.78, 5) is 27.6. The lowest BCUT2D eigenvalue weighted by molar-refractivity contribution is 0.0222. The van der Waals surface area contributed by atoms with E-state index in [2.05, 4.69) is 86.1 Å². The number of aromatic amines is 1. The fraction of sp³-hybridized carbons (Fsp3) is 0.424. The molecule has 0 saturated heterocycles. The van der Waals surface area contributed by atoms with E-state index in [0.29, 0.717) is 38.2 Å². The SMILES string of the molecule is C=C(CCC(=O)c1n[nH]c2c1CN(C(=O)OC(C)(C)C)CC2)CO[Si](c1ccccc1)(c1ccccc1)C(C)(C)C. The van der Waals surface area contributed by atoms with E-state index in [9.17, 15) is 9.59 Å². The van der Waals surface area contributed by atoms with Gasteiger partial charge in [0, 0.05) is 30.6 Å². The van der Waals surface area contributed by atoms with E-state index >= 15 is 0 Å². The minimum atomic E-state index is -2.69. The second-order valence-corrected chi connectivity index (χ2v) is 17.1. The molecule has 2 aromatic carbocycles. The summed E-state index contributed by atoms with van der Waals surface area (Å²) in [6.45, 7) is 17.7. The van der Waals surface area contributed by atoms with Crippen molar-refractivity contribution in [2.75, 3.05) is 13.2 Å². The maximum atomic E-state index is 13.3. The van der Waals surface area contributed by atoms with Crippen molar-refractivity contribution >= 4 is 30.6 Å². The first-order valence-corrected chi connectivity index (χ1v) is 16.2. The first kappa shape index (κ1) is 30.5. The first-order chi connectivity index (χ1) is 19.3. The van der Waals surface area contributed by atoms with Crippen molar-refractivity contribution < 1.29 is 18.8 Å². The maximum absolute atomic E-state index is 13.3. The van der Waals surface area contributed by atoms with E-state index in [1.54, 1.807) is 4.90 Å². The molecule has 3 aromatic rings. The fourth-order valence-electron chi connectivity index (χ4n) is 5.46. The summed E-state index contributed by atoms with van der Waals surface area (Å²) in [6.07, 6.45) is 0.992. The number of aromatic nitrogens is 2. The van der Waals surface area contributed by atoms with Gasteiger partial charge in [-0.05, 0) is 42.6 Å². The summed E-state index contributed by atoms with van der Waals surface area (Å²) in [7, 11) is -2.69. The van der Waals surface area contributed by atoms with Gasteiger partial charge in [-0.25, -0.2) is 4.79 Å². The molecule has 2 heterocycles. The van der Waals surface area contributed by atoms with E-state index in [4.69, 9.17) is 9.16 Å². The van der Waals surface area contributed by atoms with Crippen LogP contribution in [-0.2, 0) is 22.1 Å². The van der Waals surface area contributed by atoms with Crippen LogP contribution in [0.1, 0.15) is 76.1 Å². The highest BCUT2D eigenvalue weighted by Gasteiger charge is 2.50. The van der Waals surface area contributed by atoms with Gasteiger partial charge in [0.25, 0.3) is 8.32 Å². The summed E-state index contributed by atoms with van der Waals surface area (Å²) >= 11 is 0. The van der Waals surface area contributed by atoms with Crippen LogP contribution in [0, 0.1) is 0 Å². The van der Waals surface area contributed by atoms with E-state index in [0.717, 1.165) is 16.8 Å². The van der Waals surface area contributed by atoms with E-state index in [-0.39, 0.29) is 23.3 Å². The van der Waals surface area contributed by atoms with Crippen molar-refractivity contribution in [1.29, 1.82) is 0 Å². The number of hydrogen-bond donors (Lipinski definition) is 1. The van der Waals surface area contributed by atoms with Crippen molar-refractivity contribution in [3.05, 3.63) is 89.8 Å². The molecular weight excluding hydrogens is 530 g/mol. The summed E-state index contributed by atoms with van der Waals surface area (Å²) in [5, 5.41) is 9.62. The molecule has 0 fully saturated rings. The molecule has 1 aromatic heterocycles. The largest absolute Gasteiger partial charge is 0.444 e. The lowest BCUT2D eigenvalue weighted by Crippen LogP contribution is -2.66. The molecule has 0 spiro atoms. The Bertz CT molecular complexity index is 1330. The Hall–Kier alpha value is -3.49. The van der Waals surface area contributed by atoms with Crippen LogP contribution >= 0.6 is 0 Å². The van der Waals surface area contributed by atoms with Gasteiger partial charge in [-0.2, -0.15) is 5.10 Å². The van der Waals surface area contributed by atoms with Crippen LogP contribution in [0.25, 0.3) is 0 Å². The minimum Gasteiger partial charge on any atom is -0.444 e. The Morgan fingerprint density at radius 3 is 2.07 bits per heavy atom. The third kappa shape index (κ3) is 6.88. The number of ketones is 1. The molecule has 0 aliphatic carbocycles. The number of nitrogens with zero attached hydrogens (tertiary/aromatic N) is 2. The number of amides is 1. The smallest absolute Gasteiger partial charge is 0.410 e. The first-order valence-electron chi connectivity index (χ1n) is 14.3. The number of carbonyl (C=O) groups is 2. The molecule has 218 valence electrons. The predicted molar refractivity (Wildman–Crippen MR) is 165 cm³/mol. The van der Waals surface area contributed by atoms with Crippen molar-refractivity contribution in [1.82, 2.24) is 15.1 Å². The lowest BCUT2D eigenvalue weighted by atomic mass is 10.0. The normalized spacial score (nSPS) is 14.0. The van der Waals surface area contributed by atoms with Crippen molar-refractivity contribution in [2.45, 2.75) is 78.0 Å². The van der Waals surface area contributed by atoms with Gasteiger partial charge >= 0.3 is 6.09 Å². The Morgan fingerprint density at radius 1 is 0.951 bits per heavy atom. The van der Waals surface area contributed by atoms with Gasteiger partial charge in [0.05, 0.1) is 13.2 Å². The standard InChI is InChI=1S/C33H43N3O4Si/c1-24(23-39-41(33(5,6)7,25-14-10-8-11-15-25)26-16-12-9-13-17-26)18-19-29(37)30-27-22-36(21-20-28(27)34-35-30)31(38)40-32(2,3)4/h8-17H,1,18-23H2,2-7H3,(H,34,35). The van der Waals surface area contributed by atoms with E-state index < -0.39 is 13.9 Å². The van der Waals surface area contributed by atoms with Gasteiger partial charge in [-0.15, -0.1) is 0 Å². The molecule has 0 atom stereocenters. The number of ether oxygens (including phenoxy) is 1. The molecule has 1 amide bonds. The second kappa shape index (κ2) is 12.2. The van der Waals surface area contributed by atoms with Crippen LogP contribution in [0.2, 0.25) is 5.04 Å². The maximum Gasteiger partial charge on any atom is 0.410 e. The van der Waals surface area contributed by atoms with Gasteiger partial charge in [0.2, 0.25) is 0 Å².